The molecule has 0 spiro atoms. The number of nitrogens with zero attached hydrogens (tertiary/aromatic N) is 3. The van der Waals surface area contributed by atoms with Gasteiger partial charge < -0.3 is 19.8 Å². The lowest BCUT2D eigenvalue weighted by Gasteiger charge is -2.10. The second-order valence-corrected chi connectivity index (χ2v) is 5.24. The monoisotopic (exact) mass is 363 g/mol. The molecule has 0 aliphatic heterocycles. The van der Waals surface area contributed by atoms with Gasteiger partial charge in [-0.2, -0.15) is 0 Å². The number of aromatic nitrogens is 4. The number of halogens is 1. The van der Waals surface area contributed by atoms with Crippen LogP contribution in [-0.2, 0) is 6.54 Å². The van der Waals surface area contributed by atoms with Crippen molar-refractivity contribution in [2.75, 3.05) is 19.5 Å². The van der Waals surface area contributed by atoms with Crippen LogP contribution >= 0.6 is 15.9 Å². The zero-order valence-corrected chi connectivity index (χ0v) is 13.6. The van der Waals surface area contributed by atoms with Gasteiger partial charge in [0.25, 0.3) is 0 Å². The molecule has 1 aromatic carbocycles. The maximum absolute atomic E-state index is 5.30. The molecule has 2 N–H and O–H groups in total. The van der Waals surface area contributed by atoms with Crippen LogP contribution in [0, 0.1) is 0 Å². The number of anilines is 1. The number of methoxy groups -OCH3 is 2. The highest BCUT2D eigenvalue weighted by molar-refractivity contribution is 9.10. The molecule has 3 aromatic rings. The van der Waals surface area contributed by atoms with E-state index in [-0.39, 0.29) is 0 Å². The molecule has 0 aliphatic rings. The Morgan fingerprint density at radius 2 is 2.00 bits per heavy atom. The highest BCUT2D eigenvalue weighted by atomic mass is 79.9. The Labute approximate surface area is 135 Å². The maximum atomic E-state index is 5.30. The molecule has 2 aromatic heterocycles. The molecule has 0 aliphatic carbocycles. The Balaban J connectivity index is 1.82. The topological polar surface area (TPSA) is 85.0 Å². The van der Waals surface area contributed by atoms with Crippen LogP contribution in [0.1, 0.15) is 5.56 Å². The van der Waals surface area contributed by atoms with E-state index in [1.165, 1.54) is 6.33 Å². The summed E-state index contributed by atoms with van der Waals surface area (Å²) in [5.74, 6) is 2.09. The predicted molar refractivity (Wildman–Crippen MR) is 86.3 cm³/mol. The minimum Gasteiger partial charge on any atom is -0.493 e. The molecule has 0 unspecified atom stereocenters. The molecule has 0 saturated heterocycles. The normalized spacial score (nSPS) is 10.7. The first-order valence-electron chi connectivity index (χ1n) is 6.52. The van der Waals surface area contributed by atoms with E-state index in [9.17, 15) is 0 Å². The van der Waals surface area contributed by atoms with E-state index in [1.54, 1.807) is 14.2 Å². The molecule has 22 heavy (non-hydrogen) atoms. The van der Waals surface area contributed by atoms with Gasteiger partial charge in [0, 0.05) is 6.54 Å². The Morgan fingerprint density at radius 3 is 2.77 bits per heavy atom. The quantitative estimate of drug-likeness (QED) is 0.678. The number of fused-ring (bicyclic) bond motifs is 1. The fourth-order valence-electron chi connectivity index (χ4n) is 2.11. The number of imidazole rings is 1. The SMILES string of the molecule is COc1ccc(CNc2ncnc3nc(Br)[nH]c23)cc1OC. The third-order valence-corrected chi connectivity index (χ3v) is 3.54. The molecular formula is C14H14BrN5O2. The summed E-state index contributed by atoms with van der Waals surface area (Å²) in [6.45, 7) is 0.586. The number of nitrogens with one attached hydrogen (secondary N) is 2. The second-order valence-electron chi connectivity index (χ2n) is 4.49. The van der Waals surface area contributed by atoms with Crippen molar-refractivity contribution < 1.29 is 9.47 Å². The summed E-state index contributed by atoms with van der Waals surface area (Å²) in [7, 11) is 3.23. The molecule has 8 heteroatoms. The average Bonchev–Trinajstić information content (AvgIpc) is 2.93. The van der Waals surface area contributed by atoms with Crippen molar-refractivity contribution in [1.29, 1.82) is 0 Å². The summed E-state index contributed by atoms with van der Waals surface area (Å²) in [5.41, 5.74) is 2.41. The van der Waals surface area contributed by atoms with Crippen LogP contribution in [0.25, 0.3) is 11.2 Å². The van der Waals surface area contributed by atoms with Gasteiger partial charge in [-0.15, -0.1) is 0 Å². The predicted octanol–water partition coefficient (Wildman–Crippen LogP) is 2.74. The number of hydrogen-bond donors (Lipinski definition) is 2. The maximum Gasteiger partial charge on any atom is 0.183 e. The van der Waals surface area contributed by atoms with Crippen molar-refractivity contribution in [2.24, 2.45) is 0 Å². The largest absolute Gasteiger partial charge is 0.493 e. The Morgan fingerprint density at radius 1 is 1.18 bits per heavy atom. The van der Waals surface area contributed by atoms with Crippen molar-refractivity contribution in [1.82, 2.24) is 19.9 Å². The van der Waals surface area contributed by atoms with Crippen molar-refractivity contribution in [3.8, 4) is 11.5 Å². The number of benzene rings is 1. The molecule has 0 amide bonds. The molecule has 7 nitrogen and oxygen atoms in total. The molecule has 114 valence electrons. The summed E-state index contributed by atoms with van der Waals surface area (Å²) in [6.07, 6.45) is 1.48. The van der Waals surface area contributed by atoms with Gasteiger partial charge >= 0.3 is 0 Å². The average molecular weight is 364 g/mol. The van der Waals surface area contributed by atoms with E-state index >= 15 is 0 Å². The first-order chi connectivity index (χ1) is 10.7. The van der Waals surface area contributed by atoms with Crippen LogP contribution in [0.5, 0.6) is 11.5 Å². The molecule has 0 saturated carbocycles. The van der Waals surface area contributed by atoms with Gasteiger partial charge in [-0.25, -0.2) is 15.0 Å². The fraction of sp³-hybridized carbons (Fsp3) is 0.214. The lowest BCUT2D eigenvalue weighted by Crippen LogP contribution is -2.03. The van der Waals surface area contributed by atoms with Gasteiger partial charge in [-0.05, 0) is 33.6 Å². The minimum atomic E-state index is 0.586. The zero-order chi connectivity index (χ0) is 15.5. The Kier molecular flexibility index (Phi) is 4.10. The van der Waals surface area contributed by atoms with Gasteiger partial charge in [0.05, 0.1) is 14.2 Å². The van der Waals surface area contributed by atoms with Crippen molar-refractivity contribution in [3.63, 3.8) is 0 Å². The van der Waals surface area contributed by atoms with E-state index < -0.39 is 0 Å². The summed E-state index contributed by atoms with van der Waals surface area (Å²) in [6, 6.07) is 5.76. The van der Waals surface area contributed by atoms with Crippen LogP contribution in [0.15, 0.2) is 29.3 Å². The van der Waals surface area contributed by atoms with Crippen LogP contribution in [-0.4, -0.2) is 34.2 Å². The molecule has 2 heterocycles. The number of rotatable bonds is 5. The highest BCUT2D eigenvalue weighted by Crippen LogP contribution is 2.28. The zero-order valence-electron chi connectivity index (χ0n) is 12.1. The van der Waals surface area contributed by atoms with E-state index in [1.807, 2.05) is 18.2 Å². The fourth-order valence-corrected chi connectivity index (χ4v) is 2.48. The van der Waals surface area contributed by atoms with Crippen LogP contribution in [0.3, 0.4) is 0 Å². The van der Waals surface area contributed by atoms with Gasteiger partial charge in [0.1, 0.15) is 11.8 Å². The molecule has 0 fully saturated rings. The summed E-state index contributed by atoms with van der Waals surface area (Å²) < 4.78 is 11.2. The van der Waals surface area contributed by atoms with Gasteiger partial charge in [-0.3, -0.25) is 0 Å². The molecule has 0 radical (unpaired) electrons. The molecular weight excluding hydrogens is 350 g/mol. The molecule has 0 bridgehead atoms. The van der Waals surface area contributed by atoms with Gasteiger partial charge in [0.2, 0.25) is 0 Å². The van der Waals surface area contributed by atoms with E-state index in [0.717, 1.165) is 11.1 Å². The summed E-state index contributed by atoms with van der Waals surface area (Å²) in [5, 5.41) is 3.27. The number of aromatic amines is 1. The standard InChI is InChI=1S/C14H14BrN5O2/c1-21-9-4-3-8(5-10(9)22-2)6-16-12-11-13(18-7-17-12)20-14(15)19-11/h3-5,7H,6H2,1-2H3,(H2,16,17,18,19,20). The van der Waals surface area contributed by atoms with Crippen molar-refractivity contribution in [3.05, 3.63) is 34.8 Å². The number of ether oxygens (including phenoxy) is 2. The highest BCUT2D eigenvalue weighted by Gasteiger charge is 2.09. The van der Waals surface area contributed by atoms with Crippen LogP contribution in [0.4, 0.5) is 5.82 Å². The Bertz CT molecular complexity index is 805. The lowest BCUT2D eigenvalue weighted by atomic mass is 10.2. The van der Waals surface area contributed by atoms with Gasteiger partial charge in [0.15, 0.2) is 27.7 Å². The molecule has 0 atom stereocenters. The van der Waals surface area contributed by atoms with Gasteiger partial charge in [-0.1, -0.05) is 6.07 Å². The third kappa shape index (κ3) is 2.82. The van der Waals surface area contributed by atoms with E-state index in [4.69, 9.17) is 9.47 Å². The van der Waals surface area contributed by atoms with Crippen molar-refractivity contribution >= 4 is 32.9 Å². The van der Waals surface area contributed by atoms with E-state index in [2.05, 4.69) is 41.2 Å². The third-order valence-electron chi connectivity index (χ3n) is 3.17. The summed E-state index contributed by atoms with van der Waals surface area (Å²) >= 11 is 3.30. The lowest BCUT2D eigenvalue weighted by molar-refractivity contribution is 0.354. The first kappa shape index (κ1) is 14.6. The number of H-pyrrole nitrogens is 1. The smallest absolute Gasteiger partial charge is 0.183 e. The van der Waals surface area contributed by atoms with E-state index in [0.29, 0.717) is 34.2 Å². The molecule has 3 rings (SSSR count). The number of hydrogen-bond acceptors (Lipinski definition) is 6. The van der Waals surface area contributed by atoms with Crippen molar-refractivity contribution in [2.45, 2.75) is 6.54 Å². The summed E-state index contributed by atoms with van der Waals surface area (Å²) in [4.78, 5) is 15.6. The van der Waals surface area contributed by atoms with Crippen LogP contribution < -0.4 is 14.8 Å². The second kappa shape index (κ2) is 6.18. The van der Waals surface area contributed by atoms with Crippen LogP contribution in [0.2, 0.25) is 0 Å². The first-order valence-corrected chi connectivity index (χ1v) is 7.31. The minimum absolute atomic E-state index is 0.586. The Hall–Kier alpha value is -2.35.